The second-order valence-corrected chi connectivity index (χ2v) is 4.97. The minimum Gasteiger partial charge on any atom is -0.496 e. The molecule has 0 saturated carbocycles. The average molecular weight is 311 g/mol. The third-order valence-corrected chi connectivity index (χ3v) is 3.48. The monoisotopic (exact) mass is 311 g/mol. The molecule has 2 aromatic rings. The number of nitrogens with zero attached hydrogens (tertiary/aromatic N) is 1. The maximum atomic E-state index is 9.41. The average Bonchev–Trinajstić information content (AvgIpc) is 2.60. The molecule has 0 bridgehead atoms. The van der Waals surface area contributed by atoms with Gasteiger partial charge in [-0.05, 0) is 37.3 Å². The molecule has 1 atom stereocenters. The molecule has 0 N–H and O–H groups in total. The zero-order valence-electron chi connectivity index (χ0n) is 13.5. The molecule has 0 fully saturated rings. The molecule has 4 nitrogen and oxygen atoms in total. The minimum absolute atomic E-state index is 0.256. The van der Waals surface area contributed by atoms with E-state index in [1.54, 1.807) is 7.11 Å². The van der Waals surface area contributed by atoms with Gasteiger partial charge in [-0.15, -0.1) is 0 Å². The summed E-state index contributed by atoms with van der Waals surface area (Å²) in [7, 11) is 1.61. The standard InChI is InChI=1S/C19H21NO3/c1-3-22-16-8-10-17(11-9-16)23-13-12-15(14-20)18-6-4-5-7-19(18)21-2/h4-11,15H,3,12-13H2,1-2H3. The molecular formula is C19H21NO3. The van der Waals surface area contributed by atoms with Crippen LogP contribution in [0.4, 0.5) is 0 Å². The van der Waals surface area contributed by atoms with E-state index in [1.165, 1.54) is 0 Å². The lowest BCUT2D eigenvalue weighted by atomic mass is 9.97. The number of hydrogen-bond donors (Lipinski definition) is 0. The van der Waals surface area contributed by atoms with Gasteiger partial charge in [-0.25, -0.2) is 0 Å². The molecule has 0 spiro atoms. The van der Waals surface area contributed by atoms with Crippen LogP contribution in [0.3, 0.4) is 0 Å². The fourth-order valence-electron chi connectivity index (χ4n) is 2.34. The van der Waals surface area contributed by atoms with E-state index in [1.807, 2.05) is 55.5 Å². The van der Waals surface area contributed by atoms with Gasteiger partial charge < -0.3 is 14.2 Å². The predicted molar refractivity (Wildman–Crippen MR) is 89.1 cm³/mol. The van der Waals surface area contributed by atoms with Gasteiger partial charge in [0.05, 0.1) is 32.3 Å². The Hall–Kier alpha value is -2.67. The number of nitriles is 1. The molecule has 0 saturated heterocycles. The van der Waals surface area contributed by atoms with E-state index in [-0.39, 0.29) is 5.92 Å². The highest BCUT2D eigenvalue weighted by molar-refractivity contribution is 5.39. The summed E-state index contributed by atoms with van der Waals surface area (Å²) in [6.45, 7) is 3.05. The number of para-hydroxylation sites is 1. The molecule has 0 aliphatic heterocycles. The normalized spacial score (nSPS) is 11.3. The Morgan fingerprint density at radius 1 is 1.00 bits per heavy atom. The van der Waals surface area contributed by atoms with Crippen LogP contribution in [0.2, 0.25) is 0 Å². The third-order valence-electron chi connectivity index (χ3n) is 3.48. The summed E-state index contributed by atoms with van der Waals surface area (Å²) in [6, 6.07) is 17.4. The molecule has 120 valence electrons. The van der Waals surface area contributed by atoms with E-state index in [4.69, 9.17) is 14.2 Å². The fraction of sp³-hybridized carbons (Fsp3) is 0.316. The predicted octanol–water partition coefficient (Wildman–Crippen LogP) is 4.17. The van der Waals surface area contributed by atoms with Crippen LogP contribution in [0.5, 0.6) is 17.2 Å². The fourth-order valence-corrected chi connectivity index (χ4v) is 2.34. The zero-order valence-corrected chi connectivity index (χ0v) is 13.5. The topological polar surface area (TPSA) is 51.5 Å². The molecular weight excluding hydrogens is 290 g/mol. The SMILES string of the molecule is CCOc1ccc(OCCC(C#N)c2ccccc2OC)cc1. The molecule has 23 heavy (non-hydrogen) atoms. The first-order valence-corrected chi connectivity index (χ1v) is 7.66. The Bertz CT molecular complexity index is 646. The smallest absolute Gasteiger partial charge is 0.123 e. The van der Waals surface area contributed by atoms with Crippen LogP contribution in [0.25, 0.3) is 0 Å². The molecule has 0 aromatic heterocycles. The summed E-state index contributed by atoms with van der Waals surface area (Å²) in [5.41, 5.74) is 0.896. The van der Waals surface area contributed by atoms with Crippen LogP contribution >= 0.6 is 0 Å². The highest BCUT2D eigenvalue weighted by Crippen LogP contribution is 2.28. The lowest BCUT2D eigenvalue weighted by Crippen LogP contribution is -2.06. The molecule has 2 rings (SSSR count). The summed E-state index contributed by atoms with van der Waals surface area (Å²) in [6.07, 6.45) is 0.601. The molecule has 4 heteroatoms. The van der Waals surface area contributed by atoms with Crippen molar-refractivity contribution in [3.05, 3.63) is 54.1 Å². The van der Waals surface area contributed by atoms with Crippen molar-refractivity contribution in [2.45, 2.75) is 19.3 Å². The first-order valence-electron chi connectivity index (χ1n) is 7.66. The summed E-state index contributed by atoms with van der Waals surface area (Å²) < 4.78 is 16.4. The summed E-state index contributed by atoms with van der Waals surface area (Å²) in [5.74, 6) is 2.07. The number of hydrogen-bond acceptors (Lipinski definition) is 4. The maximum Gasteiger partial charge on any atom is 0.123 e. The van der Waals surface area contributed by atoms with Crippen molar-refractivity contribution in [1.29, 1.82) is 5.26 Å². The van der Waals surface area contributed by atoms with Gasteiger partial charge in [-0.3, -0.25) is 0 Å². The van der Waals surface area contributed by atoms with Crippen molar-refractivity contribution in [1.82, 2.24) is 0 Å². The van der Waals surface area contributed by atoms with E-state index in [0.717, 1.165) is 22.8 Å². The largest absolute Gasteiger partial charge is 0.496 e. The van der Waals surface area contributed by atoms with Crippen molar-refractivity contribution >= 4 is 0 Å². The Labute approximate surface area is 137 Å². The Balaban J connectivity index is 1.92. The number of ether oxygens (including phenoxy) is 3. The van der Waals surface area contributed by atoms with Gasteiger partial charge in [0.15, 0.2) is 0 Å². The van der Waals surface area contributed by atoms with Crippen molar-refractivity contribution in [3.8, 4) is 23.3 Å². The Kier molecular flexibility index (Phi) is 6.31. The van der Waals surface area contributed by atoms with E-state index >= 15 is 0 Å². The van der Waals surface area contributed by atoms with Crippen molar-refractivity contribution in [3.63, 3.8) is 0 Å². The molecule has 0 heterocycles. The Morgan fingerprint density at radius 3 is 2.26 bits per heavy atom. The van der Waals surface area contributed by atoms with Crippen molar-refractivity contribution in [2.75, 3.05) is 20.3 Å². The van der Waals surface area contributed by atoms with E-state index in [2.05, 4.69) is 6.07 Å². The number of rotatable bonds is 8. The van der Waals surface area contributed by atoms with Gasteiger partial charge in [0.2, 0.25) is 0 Å². The van der Waals surface area contributed by atoms with E-state index < -0.39 is 0 Å². The second-order valence-electron chi connectivity index (χ2n) is 4.97. The summed E-state index contributed by atoms with van der Waals surface area (Å²) in [4.78, 5) is 0. The van der Waals surface area contributed by atoms with Gasteiger partial charge in [0.25, 0.3) is 0 Å². The lowest BCUT2D eigenvalue weighted by Gasteiger charge is -2.14. The lowest BCUT2D eigenvalue weighted by molar-refractivity contribution is 0.302. The third kappa shape index (κ3) is 4.65. The van der Waals surface area contributed by atoms with Gasteiger partial charge in [0, 0.05) is 12.0 Å². The van der Waals surface area contributed by atoms with Crippen LogP contribution in [-0.4, -0.2) is 20.3 Å². The molecule has 0 radical (unpaired) electrons. The van der Waals surface area contributed by atoms with Crippen molar-refractivity contribution < 1.29 is 14.2 Å². The zero-order chi connectivity index (χ0) is 16.5. The van der Waals surface area contributed by atoms with Gasteiger partial charge in [0.1, 0.15) is 17.2 Å². The number of methoxy groups -OCH3 is 1. The van der Waals surface area contributed by atoms with E-state index in [9.17, 15) is 5.26 Å². The molecule has 0 amide bonds. The van der Waals surface area contributed by atoms with Crippen LogP contribution in [0, 0.1) is 11.3 Å². The van der Waals surface area contributed by atoms with Crippen LogP contribution in [0.1, 0.15) is 24.8 Å². The highest BCUT2D eigenvalue weighted by Gasteiger charge is 2.15. The van der Waals surface area contributed by atoms with Crippen LogP contribution in [0.15, 0.2) is 48.5 Å². The maximum absolute atomic E-state index is 9.41. The van der Waals surface area contributed by atoms with Gasteiger partial charge >= 0.3 is 0 Å². The molecule has 1 unspecified atom stereocenters. The summed E-state index contributed by atoms with van der Waals surface area (Å²) >= 11 is 0. The quantitative estimate of drug-likeness (QED) is 0.734. The first kappa shape index (κ1) is 16.7. The highest BCUT2D eigenvalue weighted by atomic mass is 16.5. The van der Waals surface area contributed by atoms with Gasteiger partial charge in [-0.2, -0.15) is 5.26 Å². The molecule has 0 aliphatic carbocycles. The Morgan fingerprint density at radius 2 is 1.65 bits per heavy atom. The van der Waals surface area contributed by atoms with Gasteiger partial charge in [-0.1, -0.05) is 18.2 Å². The van der Waals surface area contributed by atoms with E-state index in [0.29, 0.717) is 19.6 Å². The first-order chi connectivity index (χ1) is 11.3. The second kappa shape index (κ2) is 8.70. The van der Waals surface area contributed by atoms with Crippen LogP contribution < -0.4 is 14.2 Å². The summed E-state index contributed by atoms with van der Waals surface area (Å²) in [5, 5.41) is 9.41. The molecule has 2 aromatic carbocycles. The van der Waals surface area contributed by atoms with Crippen molar-refractivity contribution in [2.24, 2.45) is 0 Å². The number of benzene rings is 2. The van der Waals surface area contributed by atoms with Crippen LogP contribution in [-0.2, 0) is 0 Å². The minimum atomic E-state index is -0.256. The molecule has 0 aliphatic rings.